The first kappa shape index (κ1) is 6.72. The molecule has 0 aromatic carbocycles. The van der Waals surface area contributed by atoms with Crippen molar-refractivity contribution in [3.05, 3.63) is 0 Å². The normalized spacial score (nSPS) is 22.1. The number of alkyl halides is 1. The lowest BCUT2D eigenvalue weighted by molar-refractivity contribution is 0.526. The SMILES string of the molecule is ClCCN1CCCS1. The maximum absolute atomic E-state index is 5.53. The standard InChI is InChI=1S/C5H10ClNS/c6-2-4-7-3-1-5-8-7/h1-5H2. The van der Waals surface area contributed by atoms with Crippen molar-refractivity contribution in [2.45, 2.75) is 6.42 Å². The Labute approximate surface area is 59.5 Å². The van der Waals surface area contributed by atoms with E-state index in [0.717, 1.165) is 12.4 Å². The van der Waals surface area contributed by atoms with E-state index in [1.807, 2.05) is 11.9 Å². The monoisotopic (exact) mass is 151 g/mol. The molecule has 0 saturated carbocycles. The minimum Gasteiger partial charge on any atom is -0.249 e. The molecule has 0 aliphatic carbocycles. The summed E-state index contributed by atoms with van der Waals surface area (Å²) in [4.78, 5) is 0. The lowest BCUT2D eigenvalue weighted by atomic mass is 10.5. The molecule has 0 unspecified atom stereocenters. The molecule has 1 heterocycles. The van der Waals surface area contributed by atoms with Gasteiger partial charge in [-0.05, 0) is 6.42 Å². The van der Waals surface area contributed by atoms with E-state index < -0.39 is 0 Å². The summed E-state index contributed by atoms with van der Waals surface area (Å²) in [6.07, 6.45) is 1.33. The van der Waals surface area contributed by atoms with E-state index >= 15 is 0 Å². The summed E-state index contributed by atoms with van der Waals surface area (Å²) >= 11 is 7.44. The van der Waals surface area contributed by atoms with Crippen molar-refractivity contribution in [1.29, 1.82) is 0 Å². The van der Waals surface area contributed by atoms with Crippen LogP contribution in [0.5, 0.6) is 0 Å². The van der Waals surface area contributed by atoms with Crippen molar-refractivity contribution in [1.82, 2.24) is 4.31 Å². The summed E-state index contributed by atoms with van der Waals surface area (Å²) < 4.78 is 2.33. The van der Waals surface area contributed by atoms with Gasteiger partial charge in [-0.3, -0.25) is 0 Å². The smallest absolute Gasteiger partial charge is 0.0360 e. The van der Waals surface area contributed by atoms with Gasteiger partial charge in [-0.2, -0.15) is 0 Å². The van der Waals surface area contributed by atoms with E-state index in [9.17, 15) is 0 Å². The fourth-order valence-corrected chi connectivity index (χ4v) is 2.07. The molecular weight excluding hydrogens is 142 g/mol. The second-order valence-electron chi connectivity index (χ2n) is 1.80. The maximum Gasteiger partial charge on any atom is 0.0360 e. The van der Waals surface area contributed by atoms with E-state index in [1.54, 1.807) is 0 Å². The lowest BCUT2D eigenvalue weighted by Crippen LogP contribution is -2.13. The van der Waals surface area contributed by atoms with Gasteiger partial charge >= 0.3 is 0 Å². The topological polar surface area (TPSA) is 3.24 Å². The molecule has 48 valence electrons. The molecule has 1 fully saturated rings. The number of rotatable bonds is 2. The molecule has 8 heavy (non-hydrogen) atoms. The van der Waals surface area contributed by atoms with Crippen LogP contribution >= 0.6 is 23.5 Å². The van der Waals surface area contributed by atoms with Crippen molar-refractivity contribution in [3.63, 3.8) is 0 Å². The summed E-state index contributed by atoms with van der Waals surface area (Å²) in [5.41, 5.74) is 0. The van der Waals surface area contributed by atoms with E-state index in [-0.39, 0.29) is 0 Å². The third kappa shape index (κ3) is 1.84. The van der Waals surface area contributed by atoms with Crippen molar-refractivity contribution in [2.24, 2.45) is 0 Å². The van der Waals surface area contributed by atoms with Crippen LogP contribution in [0.25, 0.3) is 0 Å². The molecule has 0 spiro atoms. The molecule has 1 aliphatic heterocycles. The van der Waals surface area contributed by atoms with Crippen LogP contribution in [0, 0.1) is 0 Å². The van der Waals surface area contributed by atoms with Gasteiger partial charge < -0.3 is 0 Å². The Balaban J connectivity index is 2.06. The van der Waals surface area contributed by atoms with Crippen molar-refractivity contribution in [2.75, 3.05) is 24.7 Å². The Hall–Kier alpha value is 0.600. The third-order valence-electron chi connectivity index (χ3n) is 1.16. The highest BCUT2D eigenvalue weighted by Crippen LogP contribution is 2.18. The van der Waals surface area contributed by atoms with Crippen molar-refractivity contribution in [3.8, 4) is 0 Å². The molecule has 0 aromatic rings. The third-order valence-corrected chi connectivity index (χ3v) is 2.53. The number of hydrogen-bond donors (Lipinski definition) is 0. The highest BCUT2D eigenvalue weighted by atomic mass is 35.5. The Kier molecular flexibility index (Phi) is 3.02. The van der Waals surface area contributed by atoms with Gasteiger partial charge in [0.2, 0.25) is 0 Å². The fourth-order valence-electron chi connectivity index (χ4n) is 0.770. The first-order valence-electron chi connectivity index (χ1n) is 2.87. The zero-order chi connectivity index (χ0) is 5.82. The molecular formula is C5H10ClNS. The van der Waals surface area contributed by atoms with Crippen LogP contribution < -0.4 is 0 Å². The number of halogens is 1. The Bertz CT molecular complexity index is 63.4. The van der Waals surface area contributed by atoms with Gasteiger partial charge in [-0.15, -0.1) is 11.6 Å². The van der Waals surface area contributed by atoms with E-state index in [1.165, 1.54) is 18.7 Å². The minimum absolute atomic E-state index is 0.771. The summed E-state index contributed by atoms with van der Waals surface area (Å²) in [6, 6.07) is 0. The lowest BCUT2D eigenvalue weighted by Gasteiger charge is -2.08. The first-order valence-corrected chi connectivity index (χ1v) is 4.35. The van der Waals surface area contributed by atoms with Gasteiger partial charge in [0.1, 0.15) is 0 Å². The second kappa shape index (κ2) is 3.59. The molecule has 1 rings (SSSR count). The largest absolute Gasteiger partial charge is 0.249 e. The van der Waals surface area contributed by atoms with Crippen LogP contribution in [0.15, 0.2) is 0 Å². The number of nitrogens with zero attached hydrogens (tertiary/aromatic N) is 1. The molecule has 0 atom stereocenters. The fraction of sp³-hybridized carbons (Fsp3) is 1.00. The van der Waals surface area contributed by atoms with Crippen LogP contribution in [0.2, 0.25) is 0 Å². The minimum atomic E-state index is 0.771. The van der Waals surface area contributed by atoms with Gasteiger partial charge in [-0.1, -0.05) is 11.9 Å². The summed E-state index contributed by atoms with van der Waals surface area (Å²) in [5.74, 6) is 2.06. The quantitative estimate of drug-likeness (QED) is 0.436. The van der Waals surface area contributed by atoms with E-state index in [0.29, 0.717) is 0 Å². The van der Waals surface area contributed by atoms with E-state index in [2.05, 4.69) is 4.31 Å². The first-order chi connectivity index (χ1) is 3.93. The average molecular weight is 152 g/mol. The van der Waals surface area contributed by atoms with Crippen molar-refractivity contribution < 1.29 is 0 Å². The molecule has 0 bridgehead atoms. The zero-order valence-corrected chi connectivity index (χ0v) is 6.34. The second-order valence-corrected chi connectivity index (χ2v) is 3.37. The molecule has 1 nitrogen and oxygen atoms in total. The van der Waals surface area contributed by atoms with Crippen LogP contribution in [-0.4, -0.2) is 29.0 Å². The highest BCUT2D eigenvalue weighted by molar-refractivity contribution is 7.97. The van der Waals surface area contributed by atoms with Crippen LogP contribution in [-0.2, 0) is 0 Å². The highest BCUT2D eigenvalue weighted by Gasteiger charge is 2.09. The van der Waals surface area contributed by atoms with Crippen molar-refractivity contribution >= 4 is 23.5 Å². The molecule has 1 saturated heterocycles. The number of hydrogen-bond acceptors (Lipinski definition) is 2. The molecule has 0 aromatic heterocycles. The Morgan fingerprint density at radius 2 is 2.50 bits per heavy atom. The van der Waals surface area contributed by atoms with Gasteiger partial charge in [0, 0.05) is 24.7 Å². The Morgan fingerprint density at radius 1 is 1.62 bits per heavy atom. The van der Waals surface area contributed by atoms with Crippen LogP contribution in [0.3, 0.4) is 0 Å². The predicted octanol–water partition coefficient (Wildman–Crippen LogP) is 1.58. The molecule has 1 aliphatic rings. The van der Waals surface area contributed by atoms with E-state index in [4.69, 9.17) is 11.6 Å². The molecule has 0 N–H and O–H groups in total. The average Bonchev–Trinajstić information content (AvgIpc) is 2.19. The Morgan fingerprint density at radius 3 is 3.00 bits per heavy atom. The van der Waals surface area contributed by atoms with Crippen LogP contribution in [0.4, 0.5) is 0 Å². The zero-order valence-electron chi connectivity index (χ0n) is 4.77. The summed E-state index contributed by atoms with van der Waals surface area (Å²) in [6.45, 7) is 2.28. The molecule has 3 heteroatoms. The summed E-state index contributed by atoms with van der Waals surface area (Å²) in [5, 5.41) is 0. The molecule has 0 radical (unpaired) electrons. The van der Waals surface area contributed by atoms with Gasteiger partial charge in [0.15, 0.2) is 0 Å². The predicted molar refractivity (Wildman–Crippen MR) is 39.4 cm³/mol. The summed E-state index contributed by atoms with van der Waals surface area (Å²) in [7, 11) is 0. The maximum atomic E-state index is 5.53. The molecule has 0 amide bonds. The van der Waals surface area contributed by atoms with Crippen LogP contribution in [0.1, 0.15) is 6.42 Å². The van der Waals surface area contributed by atoms with Gasteiger partial charge in [0.05, 0.1) is 0 Å². The van der Waals surface area contributed by atoms with Gasteiger partial charge in [-0.25, -0.2) is 4.31 Å². The van der Waals surface area contributed by atoms with Gasteiger partial charge in [0.25, 0.3) is 0 Å².